The lowest BCUT2D eigenvalue weighted by molar-refractivity contribution is 0.0926. The Bertz CT molecular complexity index is 1110. The van der Waals surface area contributed by atoms with Gasteiger partial charge in [0.15, 0.2) is 0 Å². The van der Waals surface area contributed by atoms with Crippen molar-refractivity contribution in [3.05, 3.63) is 95.1 Å². The van der Waals surface area contributed by atoms with Crippen molar-refractivity contribution in [1.29, 1.82) is 0 Å². The molecule has 0 radical (unpaired) electrons. The van der Waals surface area contributed by atoms with Gasteiger partial charge in [-0.05, 0) is 37.5 Å². The number of aryl methyl sites for hydroxylation is 2. The van der Waals surface area contributed by atoms with Gasteiger partial charge in [-0.2, -0.15) is 4.98 Å². The van der Waals surface area contributed by atoms with Crippen molar-refractivity contribution in [2.75, 3.05) is 0 Å². The standard InChI is InChI=1S/C22H21N5O/c1-15-13-16(2)27-22(23-15)25-20(26-27)21(28)24-19(18-11-7-4-8-12-18)14-17-9-5-3-6-10-17/h3-13,19H,14H2,1-2H3,(H,24,28). The predicted octanol–water partition coefficient (Wildman–Crippen LogP) is 3.45. The number of amides is 1. The van der Waals surface area contributed by atoms with Gasteiger partial charge in [0, 0.05) is 11.4 Å². The number of fused-ring (bicyclic) bond motifs is 1. The number of rotatable bonds is 5. The van der Waals surface area contributed by atoms with Crippen LogP contribution in [0.4, 0.5) is 0 Å². The van der Waals surface area contributed by atoms with Crippen molar-refractivity contribution < 1.29 is 4.79 Å². The van der Waals surface area contributed by atoms with Gasteiger partial charge in [-0.15, -0.1) is 5.10 Å². The second-order valence-electron chi connectivity index (χ2n) is 6.81. The van der Waals surface area contributed by atoms with Crippen molar-refractivity contribution >= 4 is 11.7 Å². The number of hydrogen-bond acceptors (Lipinski definition) is 4. The van der Waals surface area contributed by atoms with Crippen LogP contribution in [0, 0.1) is 13.8 Å². The third kappa shape index (κ3) is 3.76. The summed E-state index contributed by atoms with van der Waals surface area (Å²) in [6.07, 6.45) is 0.681. The molecule has 0 bridgehead atoms. The van der Waals surface area contributed by atoms with E-state index < -0.39 is 0 Å². The highest BCUT2D eigenvalue weighted by Gasteiger charge is 2.20. The van der Waals surface area contributed by atoms with Crippen molar-refractivity contribution in [3.63, 3.8) is 0 Å². The Hall–Kier alpha value is -3.54. The van der Waals surface area contributed by atoms with Crippen LogP contribution in [-0.4, -0.2) is 25.5 Å². The van der Waals surface area contributed by atoms with E-state index in [1.165, 1.54) is 0 Å². The minimum Gasteiger partial charge on any atom is -0.342 e. The first-order valence-electron chi connectivity index (χ1n) is 9.21. The van der Waals surface area contributed by atoms with E-state index in [0.29, 0.717) is 12.2 Å². The average Bonchev–Trinajstić information content (AvgIpc) is 3.13. The number of nitrogens with one attached hydrogen (secondary N) is 1. The van der Waals surface area contributed by atoms with E-state index >= 15 is 0 Å². The zero-order valence-corrected chi connectivity index (χ0v) is 15.8. The van der Waals surface area contributed by atoms with Crippen LogP contribution in [0.1, 0.15) is 39.2 Å². The van der Waals surface area contributed by atoms with Gasteiger partial charge in [-0.1, -0.05) is 60.7 Å². The first-order valence-corrected chi connectivity index (χ1v) is 9.21. The summed E-state index contributed by atoms with van der Waals surface area (Å²) >= 11 is 0. The summed E-state index contributed by atoms with van der Waals surface area (Å²) in [5.41, 5.74) is 3.91. The Morgan fingerprint density at radius 2 is 1.68 bits per heavy atom. The second kappa shape index (κ2) is 7.60. The quantitative estimate of drug-likeness (QED) is 0.583. The van der Waals surface area contributed by atoms with Crippen molar-refractivity contribution in [2.45, 2.75) is 26.3 Å². The maximum Gasteiger partial charge on any atom is 0.291 e. The maximum absolute atomic E-state index is 12.9. The SMILES string of the molecule is Cc1cc(C)n2nc(C(=O)NC(Cc3ccccc3)c3ccccc3)nc2n1. The highest BCUT2D eigenvalue weighted by Crippen LogP contribution is 2.19. The van der Waals surface area contributed by atoms with Gasteiger partial charge in [0.1, 0.15) is 0 Å². The molecule has 0 saturated heterocycles. The zero-order chi connectivity index (χ0) is 19.5. The van der Waals surface area contributed by atoms with E-state index in [2.05, 4.69) is 32.5 Å². The van der Waals surface area contributed by atoms with E-state index in [1.807, 2.05) is 68.4 Å². The Labute approximate surface area is 163 Å². The largest absolute Gasteiger partial charge is 0.342 e. The summed E-state index contributed by atoms with van der Waals surface area (Å²) in [5.74, 6) is 0.240. The minimum atomic E-state index is -0.313. The molecular weight excluding hydrogens is 350 g/mol. The van der Waals surface area contributed by atoms with Crippen LogP contribution in [0.5, 0.6) is 0 Å². The van der Waals surface area contributed by atoms with Crippen LogP contribution in [0.15, 0.2) is 66.7 Å². The van der Waals surface area contributed by atoms with Gasteiger partial charge >= 0.3 is 0 Å². The van der Waals surface area contributed by atoms with Crippen LogP contribution in [-0.2, 0) is 6.42 Å². The van der Waals surface area contributed by atoms with Crippen LogP contribution in [0.2, 0.25) is 0 Å². The summed E-state index contributed by atoms with van der Waals surface area (Å²) in [6.45, 7) is 3.81. The number of nitrogens with zero attached hydrogens (tertiary/aromatic N) is 4. The lowest BCUT2D eigenvalue weighted by Gasteiger charge is -2.18. The van der Waals surface area contributed by atoms with Gasteiger partial charge in [0.25, 0.3) is 11.7 Å². The van der Waals surface area contributed by atoms with Crippen LogP contribution >= 0.6 is 0 Å². The monoisotopic (exact) mass is 371 g/mol. The molecule has 0 aliphatic rings. The number of hydrogen-bond donors (Lipinski definition) is 1. The Morgan fingerprint density at radius 3 is 2.39 bits per heavy atom. The summed E-state index contributed by atoms with van der Waals surface area (Å²) in [7, 11) is 0. The van der Waals surface area contributed by atoms with Gasteiger partial charge in [-0.3, -0.25) is 4.79 Å². The van der Waals surface area contributed by atoms with Gasteiger partial charge in [0.05, 0.1) is 6.04 Å². The summed E-state index contributed by atoms with van der Waals surface area (Å²) in [5, 5.41) is 7.43. The van der Waals surface area contributed by atoms with Crippen molar-refractivity contribution in [2.24, 2.45) is 0 Å². The minimum absolute atomic E-state index is 0.121. The molecule has 1 amide bonds. The fourth-order valence-electron chi connectivity index (χ4n) is 3.27. The zero-order valence-electron chi connectivity index (χ0n) is 15.8. The molecule has 0 aliphatic heterocycles. The van der Waals surface area contributed by atoms with E-state index in [1.54, 1.807) is 4.52 Å². The normalized spacial score (nSPS) is 12.1. The number of aromatic nitrogens is 4. The molecule has 2 aromatic heterocycles. The topological polar surface area (TPSA) is 72.2 Å². The summed E-state index contributed by atoms with van der Waals surface area (Å²) in [4.78, 5) is 21.6. The molecular formula is C22H21N5O. The van der Waals surface area contributed by atoms with Crippen LogP contribution in [0.3, 0.4) is 0 Å². The average molecular weight is 371 g/mol. The molecule has 28 heavy (non-hydrogen) atoms. The molecule has 1 atom stereocenters. The third-order valence-electron chi connectivity index (χ3n) is 4.61. The Morgan fingerprint density at radius 1 is 1.00 bits per heavy atom. The van der Waals surface area contributed by atoms with Gasteiger partial charge in [-0.25, -0.2) is 9.50 Å². The lowest BCUT2D eigenvalue weighted by Crippen LogP contribution is -2.30. The molecule has 1 N–H and O–H groups in total. The maximum atomic E-state index is 12.9. The number of benzene rings is 2. The van der Waals surface area contributed by atoms with Crippen LogP contribution in [0.25, 0.3) is 5.78 Å². The predicted molar refractivity (Wildman–Crippen MR) is 107 cm³/mol. The Balaban J connectivity index is 1.63. The number of carbonyl (C=O) groups is 1. The first-order chi connectivity index (χ1) is 13.6. The fourth-order valence-corrected chi connectivity index (χ4v) is 3.27. The molecule has 2 aromatic carbocycles. The highest BCUT2D eigenvalue weighted by molar-refractivity contribution is 5.91. The van der Waals surface area contributed by atoms with E-state index in [-0.39, 0.29) is 17.8 Å². The molecule has 140 valence electrons. The van der Waals surface area contributed by atoms with E-state index in [4.69, 9.17) is 0 Å². The lowest BCUT2D eigenvalue weighted by atomic mass is 9.99. The van der Waals surface area contributed by atoms with E-state index in [9.17, 15) is 4.79 Å². The molecule has 0 saturated carbocycles. The molecule has 0 fully saturated rings. The molecule has 6 nitrogen and oxygen atoms in total. The number of carbonyl (C=O) groups excluding carboxylic acids is 1. The molecule has 4 aromatic rings. The summed E-state index contributed by atoms with van der Waals surface area (Å²) in [6, 6.07) is 21.8. The second-order valence-corrected chi connectivity index (χ2v) is 6.81. The smallest absolute Gasteiger partial charge is 0.291 e. The van der Waals surface area contributed by atoms with Crippen molar-refractivity contribution in [3.8, 4) is 0 Å². The Kier molecular flexibility index (Phi) is 4.85. The highest BCUT2D eigenvalue weighted by atomic mass is 16.2. The fraction of sp³-hybridized carbons (Fsp3) is 0.182. The van der Waals surface area contributed by atoms with Gasteiger partial charge < -0.3 is 5.32 Å². The third-order valence-corrected chi connectivity index (χ3v) is 4.61. The molecule has 1 unspecified atom stereocenters. The van der Waals surface area contributed by atoms with Crippen LogP contribution < -0.4 is 5.32 Å². The first kappa shape index (κ1) is 17.9. The molecule has 0 spiro atoms. The molecule has 0 aliphatic carbocycles. The molecule has 2 heterocycles. The van der Waals surface area contributed by atoms with E-state index in [0.717, 1.165) is 22.5 Å². The molecule has 4 rings (SSSR count). The van der Waals surface area contributed by atoms with Crippen molar-refractivity contribution in [1.82, 2.24) is 24.9 Å². The van der Waals surface area contributed by atoms with Gasteiger partial charge in [0.2, 0.25) is 5.82 Å². The molecule has 6 heteroatoms. The summed E-state index contributed by atoms with van der Waals surface area (Å²) < 4.78 is 1.59.